The predicted octanol–water partition coefficient (Wildman–Crippen LogP) is 3.63. The van der Waals surface area contributed by atoms with E-state index in [-0.39, 0.29) is 0 Å². The standard InChI is InChI=1S/C14H19ClN4S/c1-2-6-19-7-3-10(4-8-19)16-12-11-5-9-20-13(11)18-14(15)17-12/h5,9-10H,2-4,6-8H2,1H3,(H,16,17,18). The highest BCUT2D eigenvalue weighted by molar-refractivity contribution is 7.16. The maximum absolute atomic E-state index is 6.00. The SMILES string of the molecule is CCCN1CCC(Nc2nc(Cl)nc3sccc23)CC1. The number of nitrogens with one attached hydrogen (secondary N) is 1. The Hall–Kier alpha value is -0.910. The van der Waals surface area contributed by atoms with E-state index in [1.165, 1.54) is 13.0 Å². The summed E-state index contributed by atoms with van der Waals surface area (Å²) < 4.78 is 0. The molecule has 1 aliphatic rings. The second kappa shape index (κ2) is 6.24. The van der Waals surface area contributed by atoms with Crippen LogP contribution in [0.1, 0.15) is 26.2 Å². The highest BCUT2D eigenvalue weighted by Crippen LogP contribution is 2.28. The van der Waals surface area contributed by atoms with Crippen molar-refractivity contribution in [2.24, 2.45) is 0 Å². The number of nitrogens with zero attached hydrogens (tertiary/aromatic N) is 3. The Bertz CT molecular complexity index is 578. The molecule has 0 bridgehead atoms. The van der Waals surface area contributed by atoms with Crippen molar-refractivity contribution in [1.82, 2.24) is 14.9 Å². The summed E-state index contributed by atoms with van der Waals surface area (Å²) in [5.74, 6) is 0.884. The summed E-state index contributed by atoms with van der Waals surface area (Å²) in [6.45, 7) is 5.77. The van der Waals surface area contributed by atoms with E-state index in [1.807, 2.05) is 5.38 Å². The molecule has 2 aromatic heterocycles. The minimum absolute atomic E-state index is 0.325. The van der Waals surface area contributed by atoms with Crippen LogP contribution in [0.2, 0.25) is 5.28 Å². The maximum atomic E-state index is 6.00. The lowest BCUT2D eigenvalue weighted by Crippen LogP contribution is -2.39. The van der Waals surface area contributed by atoms with Crippen LogP contribution in [0.5, 0.6) is 0 Å². The third kappa shape index (κ3) is 3.05. The molecule has 2 aromatic rings. The van der Waals surface area contributed by atoms with E-state index in [4.69, 9.17) is 11.6 Å². The molecule has 0 aromatic carbocycles. The van der Waals surface area contributed by atoms with Crippen LogP contribution in [-0.2, 0) is 0 Å². The number of aromatic nitrogens is 2. The first-order valence-corrected chi connectivity index (χ1v) is 8.41. The van der Waals surface area contributed by atoms with E-state index in [2.05, 4.69) is 33.2 Å². The quantitative estimate of drug-likeness (QED) is 0.876. The second-order valence-corrected chi connectivity index (χ2v) is 6.47. The Morgan fingerprint density at radius 3 is 2.95 bits per heavy atom. The fourth-order valence-corrected chi connectivity index (χ4v) is 3.73. The van der Waals surface area contributed by atoms with Crippen molar-refractivity contribution in [3.05, 3.63) is 16.7 Å². The number of halogens is 1. The first-order chi connectivity index (χ1) is 9.76. The Balaban J connectivity index is 1.69. The predicted molar refractivity (Wildman–Crippen MR) is 85.8 cm³/mol. The van der Waals surface area contributed by atoms with Crippen LogP contribution >= 0.6 is 22.9 Å². The fourth-order valence-electron chi connectivity index (χ4n) is 2.75. The monoisotopic (exact) mass is 310 g/mol. The van der Waals surface area contributed by atoms with E-state index in [0.29, 0.717) is 11.3 Å². The van der Waals surface area contributed by atoms with Gasteiger partial charge in [-0.2, -0.15) is 0 Å². The number of hydrogen-bond donors (Lipinski definition) is 1. The molecule has 108 valence electrons. The van der Waals surface area contributed by atoms with E-state index >= 15 is 0 Å². The van der Waals surface area contributed by atoms with Crippen LogP contribution in [0, 0.1) is 0 Å². The zero-order chi connectivity index (χ0) is 13.9. The first kappa shape index (κ1) is 14.0. The van der Waals surface area contributed by atoms with Gasteiger partial charge >= 0.3 is 0 Å². The first-order valence-electron chi connectivity index (χ1n) is 7.16. The molecule has 1 fully saturated rings. The van der Waals surface area contributed by atoms with Gasteiger partial charge in [-0.05, 0) is 48.9 Å². The Morgan fingerprint density at radius 1 is 1.40 bits per heavy atom. The van der Waals surface area contributed by atoms with Crippen LogP contribution in [-0.4, -0.2) is 40.5 Å². The van der Waals surface area contributed by atoms with Gasteiger partial charge in [-0.3, -0.25) is 0 Å². The van der Waals surface area contributed by atoms with E-state index in [0.717, 1.165) is 42.0 Å². The zero-order valence-electron chi connectivity index (χ0n) is 11.6. The molecule has 6 heteroatoms. The molecule has 3 rings (SSSR count). The van der Waals surface area contributed by atoms with E-state index < -0.39 is 0 Å². The highest BCUT2D eigenvalue weighted by atomic mass is 35.5. The molecule has 1 N–H and O–H groups in total. The number of thiophene rings is 1. The van der Waals surface area contributed by atoms with Gasteiger partial charge in [0.15, 0.2) is 0 Å². The van der Waals surface area contributed by atoms with Crippen LogP contribution in [0.3, 0.4) is 0 Å². The van der Waals surface area contributed by atoms with Crippen molar-refractivity contribution in [3.63, 3.8) is 0 Å². The maximum Gasteiger partial charge on any atom is 0.225 e. The van der Waals surface area contributed by atoms with Gasteiger partial charge in [0.05, 0.1) is 5.39 Å². The fraction of sp³-hybridized carbons (Fsp3) is 0.571. The molecule has 0 spiro atoms. The minimum atomic E-state index is 0.325. The average Bonchev–Trinajstić information content (AvgIpc) is 2.89. The number of piperidine rings is 1. The van der Waals surface area contributed by atoms with E-state index in [9.17, 15) is 0 Å². The van der Waals surface area contributed by atoms with Crippen molar-refractivity contribution in [1.29, 1.82) is 0 Å². The van der Waals surface area contributed by atoms with Gasteiger partial charge in [0.1, 0.15) is 10.6 Å². The van der Waals surface area contributed by atoms with Crippen LogP contribution in [0.25, 0.3) is 10.2 Å². The molecule has 1 saturated heterocycles. The number of hydrogen-bond acceptors (Lipinski definition) is 5. The summed E-state index contributed by atoms with van der Waals surface area (Å²) >= 11 is 7.60. The molecule has 1 aliphatic heterocycles. The summed E-state index contributed by atoms with van der Waals surface area (Å²) in [5, 5.41) is 6.99. The van der Waals surface area contributed by atoms with Crippen LogP contribution in [0.4, 0.5) is 5.82 Å². The largest absolute Gasteiger partial charge is 0.367 e. The van der Waals surface area contributed by atoms with Crippen LogP contribution < -0.4 is 5.32 Å². The van der Waals surface area contributed by atoms with Gasteiger partial charge < -0.3 is 10.2 Å². The number of likely N-dealkylation sites (tertiary alicyclic amines) is 1. The van der Waals surface area contributed by atoms with Crippen molar-refractivity contribution in [2.75, 3.05) is 25.0 Å². The molecule has 0 aliphatic carbocycles. The number of anilines is 1. The Morgan fingerprint density at radius 2 is 2.20 bits per heavy atom. The summed E-state index contributed by atoms with van der Waals surface area (Å²) in [6, 6.07) is 2.54. The topological polar surface area (TPSA) is 41.0 Å². The second-order valence-electron chi connectivity index (χ2n) is 5.24. The highest BCUT2D eigenvalue weighted by Gasteiger charge is 2.20. The molecule has 0 amide bonds. The lowest BCUT2D eigenvalue weighted by atomic mass is 10.0. The molecule has 0 unspecified atom stereocenters. The normalized spacial score (nSPS) is 17.7. The molecule has 4 nitrogen and oxygen atoms in total. The molecule has 0 atom stereocenters. The van der Waals surface area contributed by atoms with E-state index in [1.54, 1.807) is 11.3 Å². The van der Waals surface area contributed by atoms with Gasteiger partial charge in [0.25, 0.3) is 0 Å². The zero-order valence-corrected chi connectivity index (χ0v) is 13.2. The lowest BCUT2D eigenvalue weighted by molar-refractivity contribution is 0.219. The third-order valence-electron chi connectivity index (χ3n) is 3.77. The van der Waals surface area contributed by atoms with Crippen LogP contribution in [0.15, 0.2) is 11.4 Å². The molecular weight excluding hydrogens is 292 g/mol. The van der Waals surface area contributed by atoms with Gasteiger partial charge in [0, 0.05) is 19.1 Å². The van der Waals surface area contributed by atoms with Crippen molar-refractivity contribution >= 4 is 39.0 Å². The van der Waals surface area contributed by atoms with Gasteiger partial charge in [-0.15, -0.1) is 11.3 Å². The minimum Gasteiger partial charge on any atom is -0.367 e. The summed E-state index contributed by atoms with van der Waals surface area (Å²) in [7, 11) is 0. The van der Waals surface area contributed by atoms with Gasteiger partial charge in [-0.25, -0.2) is 9.97 Å². The van der Waals surface area contributed by atoms with Crippen molar-refractivity contribution < 1.29 is 0 Å². The lowest BCUT2D eigenvalue weighted by Gasteiger charge is -2.32. The third-order valence-corrected chi connectivity index (χ3v) is 4.74. The van der Waals surface area contributed by atoms with Crippen molar-refractivity contribution in [3.8, 4) is 0 Å². The van der Waals surface area contributed by atoms with Gasteiger partial charge in [-0.1, -0.05) is 6.92 Å². The number of fused-ring (bicyclic) bond motifs is 1. The van der Waals surface area contributed by atoms with Crippen molar-refractivity contribution in [2.45, 2.75) is 32.2 Å². The molecule has 0 saturated carbocycles. The molecule has 20 heavy (non-hydrogen) atoms. The Labute approximate surface area is 128 Å². The summed E-state index contributed by atoms with van der Waals surface area (Å²) in [5.41, 5.74) is 0. The molecular formula is C14H19ClN4S. The van der Waals surface area contributed by atoms with Gasteiger partial charge in [0.2, 0.25) is 5.28 Å². The molecule has 3 heterocycles. The average molecular weight is 311 g/mol. The Kier molecular flexibility index (Phi) is 4.38. The molecule has 0 radical (unpaired) electrons. The smallest absolute Gasteiger partial charge is 0.225 e. The summed E-state index contributed by atoms with van der Waals surface area (Å²) in [4.78, 5) is 12.1. The number of rotatable bonds is 4. The summed E-state index contributed by atoms with van der Waals surface area (Å²) in [6.07, 6.45) is 3.55.